The average molecular weight is 207 g/mol. The molecule has 1 aliphatic rings. The summed E-state index contributed by atoms with van der Waals surface area (Å²) in [5.74, 6) is 0.577. The molecular weight excluding hydrogens is 185 g/mol. The molecule has 1 saturated heterocycles. The average Bonchev–Trinajstić information content (AvgIpc) is 2.19. The predicted octanol–water partition coefficient (Wildman–Crippen LogP) is 0.786. The normalized spacial score (nSPS) is 19.4. The summed E-state index contributed by atoms with van der Waals surface area (Å²) in [7, 11) is 5.99. The van der Waals surface area contributed by atoms with Gasteiger partial charge in [0.1, 0.15) is 0 Å². The molecule has 0 bridgehead atoms. The van der Waals surface area contributed by atoms with Crippen molar-refractivity contribution >= 4 is 9.24 Å². The molecule has 0 amide bonds. The van der Waals surface area contributed by atoms with Crippen molar-refractivity contribution in [3.8, 4) is 0 Å². The highest BCUT2D eigenvalue weighted by Gasteiger charge is 2.16. The fourth-order valence-corrected chi connectivity index (χ4v) is 1.72. The van der Waals surface area contributed by atoms with Gasteiger partial charge in [0.25, 0.3) is 0 Å². The summed E-state index contributed by atoms with van der Waals surface area (Å²) in [6, 6.07) is 0. The second-order valence-electron chi connectivity index (χ2n) is 3.33. The zero-order valence-corrected chi connectivity index (χ0v) is 9.85. The number of methoxy groups -OCH3 is 1. The standard InChI is InChI=1S/C7H16NOP.C2H6O/c9-5-7-1-3-8(6-10)4-2-7;1-3-2/h7,9H,1-6,10H2;1-2H3. The maximum Gasteiger partial charge on any atom is 0.0460 e. The number of piperidine rings is 1. The molecule has 1 atom stereocenters. The van der Waals surface area contributed by atoms with E-state index in [1.165, 1.54) is 12.8 Å². The largest absolute Gasteiger partial charge is 0.396 e. The smallest absolute Gasteiger partial charge is 0.0460 e. The number of likely N-dealkylation sites (tertiary alicyclic amines) is 1. The van der Waals surface area contributed by atoms with Gasteiger partial charge in [0, 0.05) is 27.1 Å². The Bertz CT molecular complexity index is 93.8. The van der Waals surface area contributed by atoms with Gasteiger partial charge in [0.2, 0.25) is 0 Å². The van der Waals surface area contributed by atoms with Crippen LogP contribution in [0.2, 0.25) is 0 Å². The maximum atomic E-state index is 8.83. The van der Waals surface area contributed by atoms with Gasteiger partial charge in [0.05, 0.1) is 0 Å². The van der Waals surface area contributed by atoms with Gasteiger partial charge >= 0.3 is 0 Å². The first-order valence-electron chi connectivity index (χ1n) is 4.71. The molecule has 0 radical (unpaired) electrons. The summed E-state index contributed by atoms with van der Waals surface area (Å²) in [4.78, 5) is 2.40. The van der Waals surface area contributed by atoms with Crippen LogP contribution in [-0.4, -0.2) is 50.2 Å². The summed E-state index contributed by atoms with van der Waals surface area (Å²) in [6.45, 7) is 2.70. The molecule has 1 N–H and O–H groups in total. The first kappa shape index (κ1) is 13.3. The van der Waals surface area contributed by atoms with Crippen molar-refractivity contribution < 1.29 is 9.84 Å². The van der Waals surface area contributed by atoms with Crippen LogP contribution in [0.25, 0.3) is 0 Å². The second-order valence-corrected chi connectivity index (χ2v) is 3.70. The quantitative estimate of drug-likeness (QED) is 0.679. The Morgan fingerprint density at radius 2 is 1.85 bits per heavy atom. The van der Waals surface area contributed by atoms with Gasteiger partial charge in [0.15, 0.2) is 0 Å². The highest BCUT2D eigenvalue weighted by atomic mass is 31.0. The van der Waals surface area contributed by atoms with E-state index < -0.39 is 0 Å². The third kappa shape index (κ3) is 6.39. The number of aliphatic hydroxyl groups excluding tert-OH is 1. The third-order valence-corrected chi connectivity index (χ3v) is 2.74. The van der Waals surface area contributed by atoms with Crippen LogP contribution in [0.4, 0.5) is 0 Å². The molecule has 1 rings (SSSR count). The van der Waals surface area contributed by atoms with Crippen LogP contribution < -0.4 is 0 Å². The lowest BCUT2D eigenvalue weighted by Crippen LogP contribution is -2.33. The molecule has 1 aliphatic heterocycles. The van der Waals surface area contributed by atoms with Gasteiger partial charge in [-0.25, -0.2) is 0 Å². The zero-order chi connectivity index (χ0) is 10.1. The van der Waals surface area contributed by atoms with Crippen LogP contribution >= 0.6 is 9.24 Å². The van der Waals surface area contributed by atoms with E-state index in [1.54, 1.807) is 14.2 Å². The van der Waals surface area contributed by atoms with Gasteiger partial charge in [-0.05, 0) is 31.8 Å². The summed E-state index contributed by atoms with van der Waals surface area (Å²) in [5.41, 5.74) is 0. The molecule has 80 valence electrons. The van der Waals surface area contributed by atoms with Crippen molar-refractivity contribution in [3.05, 3.63) is 0 Å². The predicted molar refractivity (Wildman–Crippen MR) is 58.9 cm³/mol. The number of nitrogens with zero attached hydrogens (tertiary/aromatic N) is 1. The van der Waals surface area contributed by atoms with Crippen LogP contribution in [0.3, 0.4) is 0 Å². The van der Waals surface area contributed by atoms with Gasteiger partial charge < -0.3 is 9.84 Å². The topological polar surface area (TPSA) is 32.7 Å². The molecule has 13 heavy (non-hydrogen) atoms. The second kappa shape index (κ2) is 8.89. The molecular formula is C9H22NO2P. The van der Waals surface area contributed by atoms with E-state index in [0.717, 1.165) is 19.4 Å². The Hall–Kier alpha value is 0.310. The number of rotatable bonds is 2. The molecule has 1 unspecified atom stereocenters. The number of aliphatic hydroxyl groups is 1. The van der Waals surface area contributed by atoms with Gasteiger partial charge in [-0.2, -0.15) is 0 Å². The van der Waals surface area contributed by atoms with Crippen molar-refractivity contribution in [2.75, 3.05) is 40.2 Å². The van der Waals surface area contributed by atoms with E-state index in [9.17, 15) is 0 Å². The lowest BCUT2D eigenvalue weighted by molar-refractivity contribution is 0.144. The minimum atomic E-state index is 0.380. The van der Waals surface area contributed by atoms with Gasteiger partial charge in [-0.15, -0.1) is 9.24 Å². The van der Waals surface area contributed by atoms with Crippen molar-refractivity contribution in [1.82, 2.24) is 4.90 Å². The Kier molecular flexibility index (Phi) is 9.10. The summed E-state index contributed by atoms with van der Waals surface area (Å²) >= 11 is 0. The molecule has 0 spiro atoms. The minimum Gasteiger partial charge on any atom is -0.396 e. The Labute approximate surface area is 83.7 Å². The fraction of sp³-hybridized carbons (Fsp3) is 1.00. The van der Waals surface area contributed by atoms with Gasteiger partial charge in [-0.3, -0.25) is 4.90 Å². The molecule has 1 heterocycles. The summed E-state index contributed by atoms with van der Waals surface area (Å²) in [5, 5.41) is 8.83. The number of hydrogen-bond donors (Lipinski definition) is 1. The first-order valence-corrected chi connectivity index (χ1v) is 5.53. The lowest BCUT2D eigenvalue weighted by Gasteiger charge is -2.29. The SMILES string of the molecule is COC.OCC1CCN(CP)CC1. The maximum absolute atomic E-state index is 8.83. The van der Waals surface area contributed by atoms with E-state index in [0.29, 0.717) is 12.5 Å². The molecule has 0 aliphatic carbocycles. The molecule has 4 heteroatoms. The Morgan fingerprint density at radius 1 is 1.38 bits per heavy atom. The molecule has 0 aromatic carbocycles. The Balaban J connectivity index is 0.000000424. The minimum absolute atomic E-state index is 0.380. The van der Waals surface area contributed by atoms with Crippen LogP contribution in [-0.2, 0) is 4.74 Å². The molecule has 0 aromatic rings. The van der Waals surface area contributed by atoms with E-state index in [-0.39, 0.29) is 0 Å². The van der Waals surface area contributed by atoms with Crippen LogP contribution in [0.15, 0.2) is 0 Å². The monoisotopic (exact) mass is 207 g/mol. The fourth-order valence-electron chi connectivity index (χ4n) is 1.35. The van der Waals surface area contributed by atoms with E-state index in [2.05, 4.69) is 18.9 Å². The highest BCUT2D eigenvalue weighted by Crippen LogP contribution is 2.16. The molecule has 0 saturated carbocycles. The summed E-state index contributed by atoms with van der Waals surface area (Å²) < 4.78 is 4.25. The van der Waals surface area contributed by atoms with Crippen LogP contribution in [0.1, 0.15) is 12.8 Å². The van der Waals surface area contributed by atoms with E-state index in [1.807, 2.05) is 0 Å². The van der Waals surface area contributed by atoms with Crippen molar-refractivity contribution in [1.29, 1.82) is 0 Å². The first-order chi connectivity index (χ1) is 6.28. The third-order valence-electron chi connectivity index (χ3n) is 2.22. The van der Waals surface area contributed by atoms with Crippen LogP contribution in [0.5, 0.6) is 0 Å². The Morgan fingerprint density at radius 3 is 2.15 bits per heavy atom. The number of hydrogen-bond acceptors (Lipinski definition) is 3. The number of ether oxygens (including phenoxy) is 1. The molecule has 3 nitrogen and oxygen atoms in total. The summed E-state index contributed by atoms with van der Waals surface area (Å²) in [6.07, 6.45) is 3.42. The lowest BCUT2D eigenvalue weighted by atomic mass is 9.98. The van der Waals surface area contributed by atoms with Crippen molar-refractivity contribution in [3.63, 3.8) is 0 Å². The molecule has 1 fully saturated rings. The zero-order valence-electron chi connectivity index (χ0n) is 8.70. The van der Waals surface area contributed by atoms with Crippen LogP contribution in [0, 0.1) is 5.92 Å². The van der Waals surface area contributed by atoms with Crippen molar-refractivity contribution in [2.24, 2.45) is 5.92 Å². The van der Waals surface area contributed by atoms with Gasteiger partial charge in [-0.1, -0.05) is 0 Å². The van der Waals surface area contributed by atoms with E-state index >= 15 is 0 Å². The molecule has 0 aromatic heterocycles. The van der Waals surface area contributed by atoms with E-state index in [4.69, 9.17) is 5.11 Å². The van der Waals surface area contributed by atoms with Crippen molar-refractivity contribution in [2.45, 2.75) is 12.8 Å². The highest BCUT2D eigenvalue weighted by molar-refractivity contribution is 7.16.